The van der Waals surface area contributed by atoms with Crippen molar-refractivity contribution in [3.63, 3.8) is 0 Å². The van der Waals surface area contributed by atoms with Gasteiger partial charge in [-0.15, -0.1) is 0 Å². The van der Waals surface area contributed by atoms with Crippen LogP contribution >= 0.6 is 0 Å². The number of imidazole rings is 1. The lowest BCUT2D eigenvalue weighted by Crippen LogP contribution is -2.24. The number of nitrogens with one attached hydrogen (secondary N) is 1. The summed E-state index contributed by atoms with van der Waals surface area (Å²) in [5.74, 6) is -0.165. The van der Waals surface area contributed by atoms with Gasteiger partial charge in [0, 0.05) is 35.7 Å². The van der Waals surface area contributed by atoms with Crippen LogP contribution in [0.25, 0.3) is 27.8 Å². The second-order valence-corrected chi connectivity index (χ2v) is 7.05. The van der Waals surface area contributed by atoms with E-state index in [9.17, 15) is 4.79 Å². The highest BCUT2D eigenvalue weighted by Gasteiger charge is 2.15. The molecule has 0 bridgehead atoms. The molecule has 1 amide bonds. The largest absolute Gasteiger partial charge is 0.346 e. The Balaban J connectivity index is 1.53. The van der Waals surface area contributed by atoms with Crippen molar-refractivity contribution >= 4 is 22.5 Å². The van der Waals surface area contributed by atoms with E-state index in [1.54, 1.807) is 31.0 Å². The number of hydrogen-bond donors (Lipinski definition) is 1. The molecular weight excluding hydrogens is 376 g/mol. The third-order valence-electron chi connectivity index (χ3n) is 4.99. The quantitative estimate of drug-likeness (QED) is 0.504. The number of fused-ring (bicyclic) bond motifs is 2. The molecular formula is C23H18N6O. The molecule has 0 spiro atoms. The minimum Gasteiger partial charge on any atom is -0.346 e. The third-order valence-corrected chi connectivity index (χ3v) is 4.99. The molecule has 0 aliphatic carbocycles. The van der Waals surface area contributed by atoms with E-state index in [0.29, 0.717) is 17.8 Å². The maximum Gasteiger partial charge on any atom is 0.252 e. The maximum absolute atomic E-state index is 13.2. The minimum absolute atomic E-state index is 0.165. The van der Waals surface area contributed by atoms with Crippen LogP contribution in [-0.2, 0) is 6.54 Å². The van der Waals surface area contributed by atoms with Crippen molar-refractivity contribution in [2.75, 3.05) is 0 Å². The van der Waals surface area contributed by atoms with Gasteiger partial charge in [-0.2, -0.15) is 0 Å². The molecule has 0 atom stereocenters. The Morgan fingerprint density at radius 3 is 2.83 bits per heavy atom. The molecule has 0 aliphatic heterocycles. The molecule has 0 saturated carbocycles. The van der Waals surface area contributed by atoms with E-state index in [1.165, 1.54) is 0 Å². The number of carbonyl (C=O) groups excluding carboxylic acids is 1. The summed E-state index contributed by atoms with van der Waals surface area (Å²) in [6, 6.07) is 11.5. The van der Waals surface area contributed by atoms with Crippen molar-refractivity contribution in [2.24, 2.45) is 0 Å². The second kappa shape index (κ2) is 7.36. The van der Waals surface area contributed by atoms with Crippen molar-refractivity contribution < 1.29 is 4.79 Å². The van der Waals surface area contributed by atoms with Gasteiger partial charge in [-0.1, -0.05) is 11.6 Å². The molecule has 0 saturated heterocycles. The molecule has 0 radical (unpaired) electrons. The SMILES string of the molecule is Cc1ccc2nc(-c3cccnc3)cc(C(=O)NCc3cnc4cnccn34)c2c1. The highest BCUT2D eigenvalue weighted by Crippen LogP contribution is 2.25. The fraction of sp³-hybridized carbons (Fsp3) is 0.0870. The number of benzene rings is 1. The molecule has 0 fully saturated rings. The number of rotatable bonds is 4. The number of hydrogen-bond acceptors (Lipinski definition) is 5. The summed E-state index contributed by atoms with van der Waals surface area (Å²) in [5, 5.41) is 3.84. The van der Waals surface area contributed by atoms with Gasteiger partial charge in [0.2, 0.25) is 0 Å². The molecule has 146 valence electrons. The predicted molar refractivity (Wildman–Crippen MR) is 114 cm³/mol. The summed E-state index contributed by atoms with van der Waals surface area (Å²) in [6.07, 6.45) is 10.4. The monoisotopic (exact) mass is 394 g/mol. The topological polar surface area (TPSA) is 85.1 Å². The molecule has 1 N–H and O–H groups in total. The van der Waals surface area contributed by atoms with Crippen LogP contribution < -0.4 is 5.32 Å². The Morgan fingerprint density at radius 1 is 1.07 bits per heavy atom. The first kappa shape index (κ1) is 17.9. The Kier molecular flexibility index (Phi) is 4.40. The average molecular weight is 394 g/mol. The summed E-state index contributed by atoms with van der Waals surface area (Å²) in [4.78, 5) is 30.5. The first-order chi connectivity index (χ1) is 14.7. The van der Waals surface area contributed by atoms with E-state index < -0.39 is 0 Å². The third kappa shape index (κ3) is 3.26. The normalized spacial score (nSPS) is 11.1. The number of nitrogens with zero attached hydrogens (tertiary/aromatic N) is 5. The molecule has 4 heterocycles. The lowest BCUT2D eigenvalue weighted by Gasteiger charge is -2.11. The number of aryl methyl sites for hydroxylation is 1. The number of pyridine rings is 2. The fourth-order valence-corrected chi connectivity index (χ4v) is 3.48. The highest BCUT2D eigenvalue weighted by molar-refractivity contribution is 6.07. The lowest BCUT2D eigenvalue weighted by atomic mass is 10.0. The zero-order valence-corrected chi connectivity index (χ0v) is 16.3. The van der Waals surface area contributed by atoms with Crippen LogP contribution in [-0.4, -0.2) is 30.2 Å². The molecule has 0 unspecified atom stereocenters. The van der Waals surface area contributed by atoms with Crippen molar-refractivity contribution in [3.8, 4) is 11.3 Å². The van der Waals surface area contributed by atoms with E-state index in [4.69, 9.17) is 4.98 Å². The smallest absolute Gasteiger partial charge is 0.252 e. The fourth-order valence-electron chi connectivity index (χ4n) is 3.48. The zero-order valence-electron chi connectivity index (χ0n) is 16.3. The molecule has 0 aliphatic rings. The zero-order chi connectivity index (χ0) is 20.5. The van der Waals surface area contributed by atoms with Crippen molar-refractivity contribution in [1.29, 1.82) is 0 Å². The van der Waals surface area contributed by atoms with Gasteiger partial charge in [0.1, 0.15) is 0 Å². The first-order valence-corrected chi connectivity index (χ1v) is 9.55. The number of amides is 1. The Hall–Kier alpha value is -4.13. The molecule has 7 nitrogen and oxygen atoms in total. The highest BCUT2D eigenvalue weighted by atomic mass is 16.1. The molecule has 5 aromatic rings. The molecule has 1 aromatic carbocycles. The van der Waals surface area contributed by atoms with Crippen LogP contribution in [0.2, 0.25) is 0 Å². The molecule has 5 rings (SSSR count). The van der Waals surface area contributed by atoms with Crippen LogP contribution in [0.3, 0.4) is 0 Å². The van der Waals surface area contributed by atoms with Gasteiger partial charge < -0.3 is 5.32 Å². The predicted octanol–water partition coefficient (Wildman–Crippen LogP) is 3.58. The summed E-state index contributed by atoms with van der Waals surface area (Å²) < 4.78 is 1.91. The Bertz CT molecular complexity index is 1380. The van der Waals surface area contributed by atoms with Crippen LogP contribution in [0.1, 0.15) is 21.6 Å². The van der Waals surface area contributed by atoms with E-state index in [0.717, 1.165) is 33.4 Å². The van der Waals surface area contributed by atoms with Crippen LogP contribution in [0.15, 0.2) is 73.6 Å². The van der Waals surface area contributed by atoms with E-state index in [-0.39, 0.29) is 5.91 Å². The molecule has 7 heteroatoms. The maximum atomic E-state index is 13.2. The average Bonchev–Trinajstić information content (AvgIpc) is 3.20. The Morgan fingerprint density at radius 2 is 1.97 bits per heavy atom. The number of aromatic nitrogens is 5. The molecule has 4 aromatic heterocycles. The van der Waals surface area contributed by atoms with Gasteiger partial charge in [0.15, 0.2) is 5.65 Å². The standard InChI is InChI=1S/C23H18N6O/c1-15-4-5-20-18(9-15)19(10-21(28-20)16-3-2-6-24-11-16)23(30)27-13-17-12-26-22-14-25-7-8-29(17)22/h2-12,14H,13H2,1H3,(H,27,30). The lowest BCUT2D eigenvalue weighted by molar-refractivity contribution is 0.0952. The van der Waals surface area contributed by atoms with Crippen LogP contribution in [0, 0.1) is 6.92 Å². The van der Waals surface area contributed by atoms with Crippen molar-refractivity contribution in [2.45, 2.75) is 13.5 Å². The van der Waals surface area contributed by atoms with E-state index in [1.807, 2.05) is 53.9 Å². The van der Waals surface area contributed by atoms with Crippen LogP contribution in [0.4, 0.5) is 0 Å². The van der Waals surface area contributed by atoms with Gasteiger partial charge >= 0.3 is 0 Å². The summed E-state index contributed by atoms with van der Waals surface area (Å²) in [6.45, 7) is 2.35. The number of carbonyl (C=O) groups is 1. The molecule has 30 heavy (non-hydrogen) atoms. The van der Waals surface area contributed by atoms with Gasteiger partial charge in [-0.3, -0.25) is 19.2 Å². The van der Waals surface area contributed by atoms with Gasteiger partial charge in [0.25, 0.3) is 5.91 Å². The van der Waals surface area contributed by atoms with Gasteiger partial charge in [-0.25, -0.2) is 9.97 Å². The van der Waals surface area contributed by atoms with E-state index in [2.05, 4.69) is 20.3 Å². The van der Waals surface area contributed by atoms with Crippen LogP contribution in [0.5, 0.6) is 0 Å². The van der Waals surface area contributed by atoms with Crippen molar-refractivity contribution in [1.82, 2.24) is 29.7 Å². The summed E-state index contributed by atoms with van der Waals surface area (Å²) in [5.41, 5.74) is 5.62. The van der Waals surface area contributed by atoms with Crippen molar-refractivity contribution in [3.05, 3.63) is 90.4 Å². The van der Waals surface area contributed by atoms with Gasteiger partial charge in [0.05, 0.1) is 41.4 Å². The summed E-state index contributed by atoms with van der Waals surface area (Å²) >= 11 is 0. The Labute approximate surface area is 172 Å². The second-order valence-electron chi connectivity index (χ2n) is 7.05. The van der Waals surface area contributed by atoms with E-state index >= 15 is 0 Å². The summed E-state index contributed by atoms with van der Waals surface area (Å²) in [7, 11) is 0. The van der Waals surface area contributed by atoms with Gasteiger partial charge in [-0.05, 0) is 37.3 Å². The minimum atomic E-state index is -0.165. The first-order valence-electron chi connectivity index (χ1n) is 9.55.